The van der Waals surface area contributed by atoms with Gasteiger partial charge in [0.15, 0.2) is 5.03 Å². The van der Waals surface area contributed by atoms with Crippen molar-refractivity contribution in [3.05, 3.63) is 41.1 Å². The van der Waals surface area contributed by atoms with E-state index >= 15 is 0 Å². The van der Waals surface area contributed by atoms with Gasteiger partial charge in [-0.05, 0) is 25.8 Å². The monoisotopic (exact) mass is 412 g/mol. The van der Waals surface area contributed by atoms with Crippen molar-refractivity contribution in [1.29, 1.82) is 0 Å². The maximum Gasteiger partial charge on any atom is 0.309 e. The van der Waals surface area contributed by atoms with E-state index in [1.54, 1.807) is 36.9 Å². The predicted octanol–water partition coefficient (Wildman–Crippen LogP) is 1.92. The van der Waals surface area contributed by atoms with Crippen molar-refractivity contribution < 1.29 is 17.9 Å². The van der Waals surface area contributed by atoms with Crippen LogP contribution in [0, 0.1) is 12.8 Å². The van der Waals surface area contributed by atoms with Crippen molar-refractivity contribution in [2.24, 2.45) is 13.0 Å². The number of halogens is 1. The lowest BCUT2D eigenvalue weighted by atomic mass is 9.98. The average molecular weight is 413 g/mol. The number of imidazole rings is 1. The Kier molecular flexibility index (Phi) is 5.83. The first-order chi connectivity index (χ1) is 12.8. The summed E-state index contributed by atoms with van der Waals surface area (Å²) in [5.41, 5.74) is 0.748. The minimum atomic E-state index is -3.64. The van der Waals surface area contributed by atoms with Gasteiger partial charge in [-0.1, -0.05) is 17.7 Å². The summed E-state index contributed by atoms with van der Waals surface area (Å²) in [5.74, 6) is -0.0124. The number of hydrogen-bond acceptors (Lipinski definition) is 6. The SMILES string of the molecule is Cc1nc(S(=O)(=O)N2CCC(C(=O)OCc3ccc(Cl)nc3)CC2)cn1C. The van der Waals surface area contributed by atoms with Gasteiger partial charge in [-0.15, -0.1) is 0 Å². The molecule has 0 amide bonds. The molecular formula is C17H21ClN4O4S. The maximum atomic E-state index is 12.7. The van der Waals surface area contributed by atoms with Gasteiger partial charge in [-0.3, -0.25) is 4.79 Å². The highest BCUT2D eigenvalue weighted by atomic mass is 35.5. The summed E-state index contributed by atoms with van der Waals surface area (Å²) < 4.78 is 33.7. The lowest BCUT2D eigenvalue weighted by Gasteiger charge is -2.29. The molecule has 0 aromatic carbocycles. The molecule has 27 heavy (non-hydrogen) atoms. The predicted molar refractivity (Wildman–Crippen MR) is 98.5 cm³/mol. The van der Waals surface area contributed by atoms with Gasteiger partial charge in [0.25, 0.3) is 10.0 Å². The zero-order valence-electron chi connectivity index (χ0n) is 15.1. The van der Waals surface area contributed by atoms with E-state index in [9.17, 15) is 13.2 Å². The summed E-state index contributed by atoms with van der Waals surface area (Å²) in [7, 11) is -1.89. The third-order valence-corrected chi connectivity index (χ3v) is 6.64. The molecule has 0 radical (unpaired) electrons. The van der Waals surface area contributed by atoms with Crippen molar-refractivity contribution in [1.82, 2.24) is 18.8 Å². The second-order valence-corrected chi connectivity index (χ2v) is 8.78. The fourth-order valence-corrected chi connectivity index (χ4v) is 4.49. The first kappa shape index (κ1) is 19.8. The Labute approximate surface area is 163 Å². The Balaban J connectivity index is 1.54. The Morgan fingerprint density at radius 3 is 2.59 bits per heavy atom. The van der Waals surface area contributed by atoms with Crippen LogP contribution in [0.2, 0.25) is 5.15 Å². The quantitative estimate of drug-likeness (QED) is 0.550. The van der Waals surface area contributed by atoms with E-state index in [0.29, 0.717) is 23.8 Å². The molecule has 3 heterocycles. The van der Waals surface area contributed by atoms with Gasteiger partial charge in [-0.2, -0.15) is 4.31 Å². The first-order valence-electron chi connectivity index (χ1n) is 8.54. The largest absolute Gasteiger partial charge is 0.461 e. The third kappa shape index (κ3) is 4.48. The van der Waals surface area contributed by atoms with Crippen LogP contribution in [-0.4, -0.2) is 46.3 Å². The topological polar surface area (TPSA) is 94.4 Å². The minimum Gasteiger partial charge on any atom is -0.461 e. The van der Waals surface area contributed by atoms with E-state index in [1.807, 2.05) is 0 Å². The van der Waals surface area contributed by atoms with Crippen molar-refractivity contribution in [3.63, 3.8) is 0 Å². The number of sulfonamides is 1. The fourth-order valence-electron chi connectivity index (χ4n) is 2.88. The molecule has 1 aliphatic heterocycles. The highest BCUT2D eigenvalue weighted by Crippen LogP contribution is 2.24. The normalized spacial score (nSPS) is 16.4. The van der Waals surface area contributed by atoms with Gasteiger partial charge in [0.05, 0.1) is 5.92 Å². The van der Waals surface area contributed by atoms with Crippen LogP contribution in [0.5, 0.6) is 0 Å². The Morgan fingerprint density at radius 2 is 2.04 bits per heavy atom. The molecule has 0 unspecified atom stereocenters. The van der Waals surface area contributed by atoms with Gasteiger partial charge >= 0.3 is 5.97 Å². The molecule has 1 fully saturated rings. The summed E-state index contributed by atoms with van der Waals surface area (Å²) in [4.78, 5) is 20.3. The summed E-state index contributed by atoms with van der Waals surface area (Å²) in [6, 6.07) is 3.38. The molecule has 0 aliphatic carbocycles. The molecule has 2 aromatic heterocycles. The number of esters is 1. The highest BCUT2D eigenvalue weighted by Gasteiger charge is 2.34. The van der Waals surface area contributed by atoms with Crippen molar-refractivity contribution in [3.8, 4) is 0 Å². The van der Waals surface area contributed by atoms with Crippen molar-refractivity contribution >= 4 is 27.6 Å². The van der Waals surface area contributed by atoms with Crippen LogP contribution >= 0.6 is 11.6 Å². The maximum absolute atomic E-state index is 12.7. The summed E-state index contributed by atoms with van der Waals surface area (Å²) in [6.45, 7) is 2.40. The number of hydrogen-bond donors (Lipinski definition) is 0. The van der Waals surface area contributed by atoms with Gasteiger partial charge in [0.1, 0.15) is 17.6 Å². The lowest BCUT2D eigenvalue weighted by Crippen LogP contribution is -2.40. The summed E-state index contributed by atoms with van der Waals surface area (Å²) >= 11 is 5.72. The molecule has 3 rings (SSSR count). The fraction of sp³-hybridized carbons (Fsp3) is 0.471. The molecule has 1 saturated heterocycles. The van der Waals surface area contributed by atoms with E-state index in [0.717, 1.165) is 5.56 Å². The van der Waals surface area contributed by atoms with Crippen LogP contribution in [0.15, 0.2) is 29.6 Å². The van der Waals surface area contributed by atoms with E-state index in [4.69, 9.17) is 16.3 Å². The van der Waals surface area contributed by atoms with Crippen LogP contribution in [-0.2, 0) is 33.2 Å². The Bertz CT molecular complexity index is 899. The van der Waals surface area contributed by atoms with Crippen molar-refractivity contribution in [2.75, 3.05) is 13.1 Å². The van der Waals surface area contributed by atoms with Crippen molar-refractivity contribution in [2.45, 2.75) is 31.4 Å². The van der Waals surface area contributed by atoms with Crippen LogP contribution in [0.4, 0.5) is 0 Å². The Hall–Kier alpha value is -1.97. The number of aromatic nitrogens is 3. The van der Waals surface area contributed by atoms with Gasteiger partial charge in [-0.25, -0.2) is 18.4 Å². The highest BCUT2D eigenvalue weighted by molar-refractivity contribution is 7.89. The molecule has 8 nitrogen and oxygen atoms in total. The Morgan fingerprint density at radius 1 is 1.33 bits per heavy atom. The molecule has 1 aliphatic rings. The molecule has 0 saturated carbocycles. The molecule has 0 atom stereocenters. The standard InChI is InChI=1S/C17H21ClN4O4S/c1-12-20-16(10-21(12)2)27(24,25)22-7-5-14(6-8-22)17(23)26-11-13-3-4-15(18)19-9-13/h3-4,9-10,14H,5-8,11H2,1-2H3. The second kappa shape index (κ2) is 7.95. The van der Waals surface area contributed by atoms with Crippen LogP contribution < -0.4 is 0 Å². The third-order valence-electron chi connectivity index (χ3n) is 4.65. The van der Waals surface area contributed by atoms with E-state index in [2.05, 4.69) is 9.97 Å². The number of nitrogens with zero attached hydrogens (tertiary/aromatic N) is 4. The lowest BCUT2D eigenvalue weighted by molar-refractivity contribution is -0.151. The number of pyridine rings is 1. The second-order valence-electron chi connectivity index (χ2n) is 6.51. The van der Waals surface area contributed by atoms with Gasteiger partial charge in [0.2, 0.25) is 0 Å². The average Bonchev–Trinajstić information content (AvgIpc) is 3.00. The number of piperidine rings is 1. The first-order valence-corrected chi connectivity index (χ1v) is 10.4. The van der Waals surface area contributed by atoms with Gasteiger partial charge < -0.3 is 9.30 Å². The van der Waals surface area contributed by atoms with E-state index in [1.165, 1.54) is 10.5 Å². The zero-order valence-corrected chi connectivity index (χ0v) is 16.7. The number of carbonyl (C=O) groups excluding carboxylic acids is 1. The van der Waals surface area contributed by atoms with Crippen LogP contribution in [0.25, 0.3) is 0 Å². The molecule has 10 heteroatoms. The number of aryl methyl sites for hydroxylation is 2. The molecule has 0 N–H and O–H groups in total. The molecular weight excluding hydrogens is 392 g/mol. The van der Waals surface area contributed by atoms with Crippen LogP contribution in [0.3, 0.4) is 0 Å². The molecule has 0 spiro atoms. The van der Waals surface area contributed by atoms with Crippen LogP contribution in [0.1, 0.15) is 24.2 Å². The molecule has 2 aromatic rings. The molecule has 0 bridgehead atoms. The number of rotatable bonds is 5. The molecule has 146 valence electrons. The van der Waals surface area contributed by atoms with E-state index in [-0.39, 0.29) is 36.6 Å². The smallest absolute Gasteiger partial charge is 0.309 e. The number of ether oxygens (including phenoxy) is 1. The minimum absolute atomic E-state index is 0.0405. The summed E-state index contributed by atoms with van der Waals surface area (Å²) in [6.07, 6.45) is 3.90. The summed E-state index contributed by atoms with van der Waals surface area (Å²) in [5, 5.41) is 0.417. The van der Waals surface area contributed by atoms with Gasteiger partial charge in [0, 0.05) is 38.1 Å². The van der Waals surface area contributed by atoms with E-state index < -0.39 is 10.0 Å². The zero-order chi connectivity index (χ0) is 19.6. The number of carbonyl (C=O) groups is 1.